The second kappa shape index (κ2) is 7.24. The minimum Gasteiger partial charge on any atom is -0.427 e. The van der Waals surface area contributed by atoms with Crippen molar-refractivity contribution in [3.8, 4) is 5.75 Å². The van der Waals surface area contributed by atoms with Crippen molar-refractivity contribution in [1.29, 1.82) is 0 Å². The molecule has 6 heteroatoms. The van der Waals surface area contributed by atoms with Gasteiger partial charge in [-0.2, -0.15) is 0 Å². The zero-order valence-electron chi connectivity index (χ0n) is 15.7. The summed E-state index contributed by atoms with van der Waals surface area (Å²) in [7, 11) is 0. The minimum atomic E-state index is -0.585. The van der Waals surface area contributed by atoms with Crippen molar-refractivity contribution in [2.75, 3.05) is 0 Å². The summed E-state index contributed by atoms with van der Waals surface area (Å²) in [5, 5.41) is 0.595. The van der Waals surface area contributed by atoms with Gasteiger partial charge < -0.3 is 13.9 Å². The van der Waals surface area contributed by atoms with Crippen LogP contribution in [0.15, 0.2) is 69.4 Å². The zero-order chi connectivity index (χ0) is 20.5. The van der Waals surface area contributed by atoms with Gasteiger partial charge in [-0.1, -0.05) is 29.8 Å². The smallest absolute Gasteiger partial charge is 0.343 e. The first kappa shape index (κ1) is 18.4. The lowest BCUT2D eigenvalue weighted by molar-refractivity contribution is -0.132. The highest BCUT2D eigenvalue weighted by Crippen LogP contribution is 2.30. The van der Waals surface area contributed by atoms with Gasteiger partial charge in [-0.25, -0.2) is 9.59 Å². The third-order valence-corrected chi connectivity index (χ3v) is 4.38. The van der Waals surface area contributed by atoms with Crippen molar-refractivity contribution >= 4 is 34.7 Å². The maximum absolute atomic E-state index is 12.3. The summed E-state index contributed by atoms with van der Waals surface area (Å²) in [6.07, 6.45) is 3.22. The van der Waals surface area contributed by atoms with Gasteiger partial charge in [0.25, 0.3) is 0 Å². The zero-order valence-corrected chi connectivity index (χ0v) is 15.7. The predicted molar refractivity (Wildman–Crippen MR) is 107 cm³/mol. The van der Waals surface area contributed by atoms with Crippen LogP contribution in [-0.2, 0) is 14.3 Å². The maximum atomic E-state index is 12.3. The van der Waals surface area contributed by atoms with Crippen molar-refractivity contribution in [1.82, 2.24) is 0 Å². The number of carbonyl (C=O) groups excluding carboxylic acids is 2. The number of benzene rings is 2. The average Bonchev–Trinajstić information content (AvgIpc) is 3.02. The maximum Gasteiger partial charge on any atom is 0.343 e. The first-order chi connectivity index (χ1) is 13.9. The van der Waals surface area contributed by atoms with Gasteiger partial charge in [0, 0.05) is 30.0 Å². The highest BCUT2D eigenvalue weighted by Gasteiger charge is 2.22. The summed E-state index contributed by atoms with van der Waals surface area (Å²) in [6, 6.07) is 13.6. The lowest BCUT2D eigenvalue weighted by Gasteiger charge is -2.05. The molecule has 2 heterocycles. The van der Waals surface area contributed by atoms with Gasteiger partial charge in [0.2, 0.25) is 0 Å². The molecule has 0 saturated carbocycles. The number of aryl methyl sites for hydroxylation is 1. The Bertz CT molecular complexity index is 1260. The van der Waals surface area contributed by atoms with Gasteiger partial charge >= 0.3 is 17.6 Å². The molecule has 0 spiro atoms. The largest absolute Gasteiger partial charge is 0.427 e. The number of cyclic esters (lactones) is 1. The molecule has 0 N–H and O–H groups in total. The van der Waals surface area contributed by atoms with Crippen LogP contribution in [0.4, 0.5) is 0 Å². The quantitative estimate of drug-likeness (QED) is 0.292. The summed E-state index contributed by atoms with van der Waals surface area (Å²) in [6.45, 7) is 3.26. The monoisotopic (exact) mass is 388 g/mol. The van der Waals surface area contributed by atoms with E-state index in [1.54, 1.807) is 24.3 Å². The number of fused-ring (bicyclic) bond motifs is 1. The average molecular weight is 388 g/mol. The Morgan fingerprint density at radius 2 is 1.79 bits per heavy atom. The van der Waals surface area contributed by atoms with Crippen LogP contribution in [0.5, 0.6) is 5.75 Å². The molecular formula is C23H16O6. The Labute approximate surface area is 165 Å². The molecule has 1 aliphatic rings. The van der Waals surface area contributed by atoms with Crippen LogP contribution in [0.2, 0.25) is 0 Å². The normalized spacial score (nSPS) is 14.8. The van der Waals surface area contributed by atoms with Gasteiger partial charge in [-0.15, -0.1) is 0 Å². The van der Waals surface area contributed by atoms with E-state index in [9.17, 15) is 14.4 Å². The topological polar surface area (TPSA) is 82.8 Å². The summed E-state index contributed by atoms with van der Waals surface area (Å²) in [4.78, 5) is 35.4. The fraction of sp³-hybridized carbons (Fsp3) is 0.0870. The van der Waals surface area contributed by atoms with Crippen LogP contribution < -0.4 is 10.4 Å². The molecule has 3 aromatic rings. The lowest BCUT2D eigenvalue weighted by Crippen LogP contribution is -2.03. The van der Waals surface area contributed by atoms with Crippen LogP contribution in [0, 0.1) is 6.92 Å². The van der Waals surface area contributed by atoms with E-state index >= 15 is 0 Å². The van der Waals surface area contributed by atoms with Crippen molar-refractivity contribution < 1.29 is 23.5 Å². The standard InChI is InChI=1S/C23H16O6/c1-13-3-5-15(6-4-13)20-10-17(23(26)29-20)9-16-11-22(25)28-21-12-18(27-14(2)24)7-8-19(16)21/h3-12H,1-2H3/b17-9+. The molecular weight excluding hydrogens is 372 g/mol. The number of carbonyl (C=O) groups is 2. The number of ether oxygens (including phenoxy) is 2. The molecule has 2 aromatic carbocycles. The Hall–Kier alpha value is -3.93. The van der Waals surface area contributed by atoms with E-state index in [2.05, 4.69) is 0 Å². The highest BCUT2D eigenvalue weighted by atomic mass is 16.5. The second-order valence-corrected chi connectivity index (χ2v) is 6.64. The molecule has 1 aliphatic heterocycles. The van der Waals surface area contributed by atoms with Crippen LogP contribution in [-0.4, -0.2) is 11.9 Å². The molecule has 0 aliphatic carbocycles. The molecule has 29 heavy (non-hydrogen) atoms. The molecule has 0 saturated heterocycles. The Morgan fingerprint density at radius 3 is 2.52 bits per heavy atom. The molecule has 6 nitrogen and oxygen atoms in total. The van der Waals surface area contributed by atoms with Crippen molar-refractivity contribution in [2.45, 2.75) is 13.8 Å². The molecule has 4 rings (SSSR count). The fourth-order valence-corrected chi connectivity index (χ4v) is 3.03. The van der Waals surface area contributed by atoms with Crippen molar-refractivity contribution in [3.05, 3.63) is 87.3 Å². The van der Waals surface area contributed by atoms with Crippen molar-refractivity contribution in [2.24, 2.45) is 0 Å². The van der Waals surface area contributed by atoms with E-state index in [0.29, 0.717) is 22.3 Å². The molecule has 0 atom stereocenters. The molecule has 144 valence electrons. The second-order valence-electron chi connectivity index (χ2n) is 6.64. The van der Waals surface area contributed by atoms with E-state index in [1.165, 1.54) is 19.1 Å². The number of esters is 2. The minimum absolute atomic E-state index is 0.247. The van der Waals surface area contributed by atoms with Gasteiger partial charge in [0.1, 0.15) is 17.1 Å². The van der Waals surface area contributed by atoms with E-state index < -0.39 is 17.6 Å². The molecule has 1 aromatic heterocycles. The van der Waals surface area contributed by atoms with Gasteiger partial charge in [0.05, 0.1) is 5.57 Å². The van der Waals surface area contributed by atoms with E-state index in [0.717, 1.165) is 11.1 Å². The summed E-state index contributed by atoms with van der Waals surface area (Å²) in [5.41, 5.74) is 2.37. The van der Waals surface area contributed by atoms with E-state index in [-0.39, 0.29) is 11.3 Å². The van der Waals surface area contributed by atoms with Crippen LogP contribution in [0.25, 0.3) is 22.8 Å². The Morgan fingerprint density at radius 1 is 1.03 bits per heavy atom. The van der Waals surface area contributed by atoms with E-state index in [4.69, 9.17) is 13.9 Å². The molecule has 0 amide bonds. The van der Waals surface area contributed by atoms with Crippen molar-refractivity contribution in [3.63, 3.8) is 0 Å². The molecule has 0 unspecified atom stereocenters. The summed E-state index contributed by atoms with van der Waals surface area (Å²) >= 11 is 0. The lowest BCUT2D eigenvalue weighted by atomic mass is 10.1. The first-order valence-electron chi connectivity index (χ1n) is 8.88. The third kappa shape index (κ3) is 3.87. The number of hydrogen-bond donors (Lipinski definition) is 0. The van der Waals surface area contributed by atoms with E-state index in [1.807, 2.05) is 31.2 Å². The molecule has 0 bridgehead atoms. The summed E-state index contributed by atoms with van der Waals surface area (Å²) in [5.74, 6) is -0.267. The van der Waals surface area contributed by atoms with Gasteiger partial charge in [0.15, 0.2) is 0 Å². The van der Waals surface area contributed by atoms with Crippen LogP contribution in [0.1, 0.15) is 23.6 Å². The fourth-order valence-electron chi connectivity index (χ4n) is 3.03. The van der Waals surface area contributed by atoms with Gasteiger partial charge in [-0.05, 0) is 36.8 Å². The highest BCUT2D eigenvalue weighted by molar-refractivity contribution is 6.06. The van der Waals surface area contributed by atoms with Crippen LogP contribution in [0.3, 0.4) is 0 Å². The third-order valence-electron chi connectivity index (χ3n) is 4.38. The predicted octanol–water partition coefficient (Wildman–Crippen LogP) is 4.01. The number of hydrogen-bond acceptors (Lipinski definition) is 6. The molecule has 0 radical (unpaired) electrons. The first-order valence-corrected chi connectivity index (χ1v) is 8.88. The van der Waals surface area contributed by atoms with Crippen LogP contribution >= 0.6 is 0 Å². The summed E-state index contributed by atoms with van der Waals surface area (Å²) < 4.78 is 15.6. The SMILES string of the molecule is CC(=O)Oc1ccc2c(/C=C3\C=C(c4ccc(C)cc4)OC3=O)cc(=O)oc2c1. The number of rotatable bonds is 3. The van der Waals surface area contributed by atoms with Gasteiger partial charge in [-0.3, -0.25) is 4.79 Å². The Balaban J connectivity index is 1.77. The molecule has 0 fully saturated rings. The Kier molecular flexibility index (Phi) is 4.60.